The highest BCUT2D eigenvalue weighted by Crippen LogP contribution is 2.29. The van der Waals surface area contributed by atoms with Crippen LogP contribution in [0.5, 0.6) is 0 Å². The van der Waals surface area contributed by atoms with Crippen LogP contribution in [0.25, 0.3) is 0 Å². The molecule has 1 heterocycles. The first kappa shape index (κ1) is 26.2. The fraction of sp³-hybridized carbons (Fsp3) is 0.476. The smallest absolute Gasteiger partial charge is 0.410 e. The molecule has 2 rings (SSSR count). The normalized spacial score (nSPS) is 14.6. The van der Waals surface area contributed by atoms with Gasteiger partial charge >= 0.3 is 18.0 Å². The Morgan fingerprint density at radius 2 is 1.68 bits per heavy atom. The number of benzene rings is 1. The van der Waals surface area contributed by atoms with Crippen LogP contribution in [0.4, 0.5) is 16.2 Å². The van der Waals surface area contributed by atoms with Crippen molar-refractivity contribution in [3.63, 3.8) is 0 Å². The molecule has 1 atom stereocenters. The summed E-state index contributed by atoms with van der Waals surface area (Å²) in [6, 6.07) is 3.36. The van der Waals surface area contributed by atoms with E-state index in [1.165, 1.54) is 17.9 Å². The fourth-order valence-corrected chi connectivity index (χ4v) is 3.21. The third-order valence-electron chi connectivity index (χ3n) is 5.06. The summed E-state index contributed by atoms with van der Waals surface area (Å²) < 4.78 is 15.3. The van der Waals surface area contributed by atoms with Crippen LogP contribution in [-0.4, -0.2) is 58.6 Å². The maximum Gasteiger partial charge on any atom is 0.410 e. The van der Waals surface area contributed by atoms with E-state index in [2.05, 4.69) is 6.58 Å². The zero-order valence-corrected chi connectivity index (χ0v) is 18.8. The second-order valence-electron chi connectivity index (χ2n) is 7.73. The van der Waals surface area contributed by atoms with Gasteiger partial charge in [0.15, 0.2) is 0 Å². The second kappa shape index (κ2) is 11.7. The van der Waals surface area contributed by atoms with Crippen LogP contribution in [0.3, 0.4) is 0 Å². The van der Waals surface area contributed by atoms with E-state index in [4.69, 9.17) is 14.2 Å². The second-order valence-corrected chi connectivity index (χ2v) is 7.73. The lowest BCUT2D eigenvalue weighted by Crippen LogP contribution is -2.41. The summed E-state index contributed by atoms with van der Waals surface area (Å²) in [7, 11) is 0. The monoisotopic (exact) mass is 479 g/mol. The van der Waals surface area contributed by atoms with E-state index in [9.17, 15) is 34.6 Å². The molecule has 0 radical (unpaired) electrons. The van der Waals surface area contributed by atoms with E-state index in [0.29, 0.717) is 12.8 Å². The molecule has 13 nitrogen and oxygen atoms in total. The minimum Gasteiger partial charge on any atom is -0.462 e. The van der Waals surface area contributed by atoms with Crippen LogP contribution >= 0.6 is 0 Å². The summed E-state index contributed by atoms with van der Waals surface area (Å²) >= 11 is 0. The number of hydrogen-bond acceptors (Lipinski definition) is 10. The molecule has 1 aromatic carbocycles. The van der Waals surface area contributed by atoms with E-state index in [-0.39, 0.29) is 30.8 Å². The number of amides is 1. The minimum absolute atomic E-state index is 0.116. The zero-order valence-electron chi connectivity index (χ0n) is 18.8. The molecule has 1 aromatic rings. The van der Waals surface area contributed by atoms with E-state index in [0.717, 1.165) is 12.1 Å². The number of esters is 2. The number of ether oxygens (including phenoxy) is 3. The average Bonchev–Trinajstić information content (AvgIpc) is 2.80. The van der Waals surface area contributed by atoms with Crippen LogP contribution < -0.4 is 0 Å². The zero-order chi connectivity index (χ0) is 25.4. The highest BCUT2D eigenvalue weighted by atomic mass is 16.6. The summed E-state index contributed by atoms with van der Waals surface area (Å²) in [5, 5.41) is 22.4. The van der Waals surface area contributed by atoms with Crippen molar-refractivity contribution in [3.8, 4) is 0 Å². The lowest BCUT2D eigenvalue weighted by molar-refractivity contribution is -0.396. The number of likely N-dealkylation sites (tertiary alicyclic amines) is 1. The van der Waals surface area contributed by atoms with Crippen molar-refractivity contribution in [1.29, 1.82) is 0 Å². The molecule has 1 aliphatic rings. The average molecular weight is 479 g/mol. The molecule has 0 N–H and O–H groups in total. The molecule has 34 heavy (non-hydrogen) atoms. The van der Waals surface area contributed by atoms with Crippen LogP contribution in [-0.2, 0) is 30.4 Å². The van der Waals surface area contributed by atoms with Gasteiger partial charge in [-0.1, -0.05) is 6.58 Å². The molecule has 0 aromatic heterocycles. The van der Waals surface area contributed by atoms with Crippen molar-refractivity contribution >= 4 is 29.4 Å². The third-order valence-corrected chi connectivity index (χ3v) is 5.06. The number of piperidine rings is 1. The molecule has 1 fully saturated rings. The number of carbonyl (C=O) groups excluding carboxylic acids is 3. The summed E-state index contributed by atoms with van der Waals surface area (Å²) in [6.45, 7) is 6.12. The number of hydrogen-bond donors (Lipinski definition) is 0. The number of nitrogens with zero attached hydrogens (tertiary/aromatic N) is 3. The van der Waals surface area contributed by atoms with Crippen molar-refractivity contribution in [2.45, 2.75) is 39.4 Å². The molecular weight excluding hydrogens is 454 g/mol. The Bertz CT molecular complexity index is 953. The maximum absolute atomic E-state index is 12.4. The topological polar surface area (TPSA) is 168 Å². The van der Waals surface area contributed by atoms with Gasteiger partial charge in [-0.05, 0) is 32.8 Å². The molecular formula is C21H25N3O10. The van der Waals surface area contributed by atoms with Crippen molar-refractivity contribution in [2.75, 3.05) is 19.7 Å². The number of carbonyl (C=O) groups is 3. The van der Waals surface area contributed by atoms with Crippen molar-refractivity contribution in [1.82, 2.24) is 4.90 Å². The van der Waals surface area contributed by atoms with Gasteiger partial charge in [0.05, 0.1) is 15.8 Å². The Morgan fingerprint density at radius 3 is 2.18 bits per heavy atom. The Hall–Kier alpha value is -4.03. The largest absolute Gasteiger partial charge is 0.462 e. The summed E-state index contributed by atoms with van der Waals surface area (Å²) in [5.74, 6) is -1.53. The molecule has 0 spiro atoms. The number of nitro groups is 2. The Labute approximate surface area is 194 Å². The van der Waals surface area contributed by atoms with E-state index in [1.54, 1.807) is 6.92 Å². The van der Waals surface area contributed by atoms with Gasteiger partial charge in [-0.25, -0.2) is 9.59 Å². The first-order valence-electron chi connectivity index (χ1n) is 10.4. The summed E-state index contributed by atoms with van der Waals surface area (Å²) in [6.07, 6.45) is -0.868. The molecule has 0 bridgehead atoms. The van der Waals surface area contributed by atoms with Crippen molar-refractivity contribution < 1.29 is 38.4 Å². The highest BCUT2D eigenvalue weighted by Gasteiger charge is 2.31. The van der Waals surface area contributed by atoms with Crippen LogP contribution in [0.1, 0.15) is 32.3 Å². The van der Waals surface area contributed by atoms with Gasteiger partial charge in [0.25, 0.3) is 11.4 Å². The van der Waals surface area contributed by atoms with Crippen molar-refractivity contribution in [3.05, 3.63) is 56.1 Å². The van der Waals surface area contributed by atoms with Crippen LogP contribution in [0.2, 0.25) is 0 Å². The van der Waals surface area contributed by atoms with Gasteiger partial charge in [-0.15, -0.1) is 0 Å². The molecule has 1 saturated heterocycles. The van der Waals surface area contributed by atoms with E-state index in [1.807, 2.05) is 0 Å². The van der Waals surface area contributed by atoms with Crippen LogP contribution in [0, 0.1) is 26.1 Å². The molecule has 13 heteroatoms. The first-order valence-corrected chi connectivity index (χ1v) is 10.4. The van der Waals surface area contributed by atoms with Crippen molar-refractivity contribution in [2.24, 2.45) is 5.92 Å². The first-order chi connectivity index (χ1) is 16.0. The van der Waals surface area contributed by atoms with Gasteiger partial charge in [-0.3, -0.25) is 25.0 Å². The summed E-state index contributed by atoms with van der Waals surface area (Å²) in [4.78, 5) is 58.2. The standard InChI is InChI=1S/C21H25N3O10/c1-13(2)19(25)34-14(3)11-32-20(26)15-7-9-22(10-8-15)21(27)33-12-16-17(23(28)29)5-4-6-18(16)24(30)31/h4-6,14-15H,1,7-12H2,2-3H3. The Morgan fingerprint density at radius 1 is 1.12 bits per heavy atom. The molecule has 0 saturated carbocycles. The van der Waals surface area contributed by atoms with Crippen LogP contribution in [0.15, 0.2) is 30.4 Å². The predicted octanol–water partition coefficient (Wildman–Crippen LogP) is 2.90. The SMILES string of the molecule is C=C(C)C(=O)OC(C)COC(=O)C1CCN(C(=O)OCc2c([N+](=O)[O-])cccc2[N+](=O)[O-])CC1. The van der Waals surface area contributed by atoms with Gasteiger partial charge in [-0.2, -0.15) is 0 Å². The lowest BCUT2D eigenvalue weighted by atomic mass is 9.97. The molecule has 0 aliphatic carbocycles. The number of nitro benzene ring substituents is 2. The van der Waals surface area contributed by atoms with Gasteiger partial charge < -0.3 is 19.1 Å². The van der Waals surface area contributed by atoms with Gasteiger partial charge in [0.2, 0.25) is 0 Å². The third kappa shape index (κ3) is 6.98. The van der Waals surface area contributed by atoms with Gasteiger partial charge in [0.1, 0.15) is 24.9 Å². The Balaban J connectivity index is 1.85. The molecule has 1 unspecified atom stereocenters. The predicted molar refractivity (Wildman–Crippen MR) is 116 cm³/mol. The molecule has 184 valence electrons. The van der Waals surface area contributed by atoms with E-state index < -0.39 is 57.9 Å². The van der Waals surface area contributed by atoms with E-state index >= 15 is 0 Å². The Kier molecular flexibility index (Phi) is 9.04. The lowest BCUT2D eigenvalue weighted by Gasteiger charge is -2.30. The summed E-state index contributed by atoms with van der Waals surface area (Å²) in [5.41, 5.74) is -1.13. The molecule has 1 amide bonds. The maximum atomic E-state index is 12.4. The minimum atomic E-state index is -0.806. The quantitative estimate of drug-likeness (QED) is 0.169. The molecule has 1 aliphatic heterocycles. The fourth-order valence-electron chi connectivity index (χ4n) is 3.21. The number of rotatable bonds is 9. The highest BCUT2D eigenvalue weighted by molar-refractivity contribution is 5.87. The van der Waals surface area contributed by atoms with Gasteiger partial charge in [0, 0.05) is 30.8 Å².